The van der Waals surface area contributed by atoms with Crippen LogP contribution in [0.15, 0.2) is 30.3 Å². The molecular weight excluding hydrogens is 290 g/mol. The zero-order chi connectivity index (χ0) is 16.7. The molecule has 2 rings (SSSR count). The van der Waals surface area contributed by atoms with Gasteiger partial charge in [-0.05, 0) is 63.7 Å². The van der Waals surface area contributed by atoms with E-state index in [1.54, 1.807) is 18.2 Å². The van der Waals surface area contributed by atoms with Crippen molar-refractivity contribution in [3.05, 3.63) is 41.5 Å². The van der Waals surface area contributed by atoms with Crippen LogP contribution in [0.4, 0.5) is 0 Å². The first-order chi connectivity index (χ1) is 11.0. The summed E-state index contributed by atoms with van der Waals surface area (Å²) in [5.41, 5.74) is 1.55. The molecule has 5 heteroatoms. The highest BCUT2D eigenvalue weighted by molar-refractivity contribution is 5.95. The molecule has 0 radical (unpaired) electrons. The van der Waals surface area contributed by atoms with E-state index in [4.69, 9.17) is 0 Å². The van der Waals surface area contributed by atoms with Crippen molar-refractivity contribution in [2.24, 2.45) is 0 Å². The molecule has 1 saturated carbocycles. The van der Waals surface area contributed by atoms with Crippen molar-refractivity contribution in [1.82, 2.24) is 15.5 Å². The molecule has 0 heterocycles. The van der Waals surface area contributed by atoms with Gasteiger partial charge in [0.2, 0.25) is 5.91 Å². The molecule has 1 aliphatic carbocycles. The molecule has 124 valence electrons. The van der Waals surface area contributed by atoms with E-state index < -0.39 is 0 Å². The summed E-state index contributed by atoms with van der Waals surface area (Å²) < 4.78 is 0. The number of nitrogens with one attached hydrogen (secondary N) is 2. The van der Waals surface area contributed by atoms with Crippen LogP contribution >= 0.6 is 0 Å². The monoisotopic (exact) mass is 315 g/mol. The lowest BCUT2D eigenvalue weighted by molar-refractivity contribution is -0.116. The second kappa shape index (κ2) is 8.48. The van der Waals surface area contributed by atoms with Crippen LogP contribution in [0.3, 0.4) is 0 Å². The quantitative estimate of drug-likeness (QED) is 0.566. The molecule has 1 aromatic rings. The fraction of sp³-hybridized carbons (Fsp3) is 0.444. The van der Waals surface area contributed by atoms with E-state index >= 15 is 0 Å². The Morgan fingerprint density at radius 1 is 1.22 bits per heavy atom. The lowest BCUT2D eigenvalue weighted by Crippen LogP contribution is -2.25. The fourth-order valence-electron chi connectivity index (χ4n) is 2.08. The van der Waals surface area contributed by atoms with Gasteiger partial charge in [-0.3, -0.25) is 9.59 Å². The minimum absolute atomic E-state index is 0.0262. The summed E-state index contributed by atoms with van der Waals surface area (Å²) in [6.45, 7) is 1.62. The van der Waals surface area contributed by atoms with Crippen LogP contribution in [-0.2, 0) is 4.79 Å². The van der Waals surface area contributed by atoms with Gasteiger partial charge in [0.25, 0.3) is 5.91 Å². The van der Waals surface area contributed by atoms with Crippen molar-refractivity contribution in [2.75, 3.05) is 27.2 Å². The maximum atomic E-state index is 11.9. The predicted octanol–water partition coefficient (Wildman–Crippen LogP) is 1.66. The number of amides is 2. The van der Waals surface area contributed by atoms with Gasteiger partial charge in [-0.2, -0.15) is 0 Å². The van der Waals surface area contributed by atoms with E-state index in [-0.39, 0.29) is 11.8 Å². The van der Waals surface area contributed by atoms with Crippen molar-refractivity contribution in [1.29, 1.82) is 0 Å². The Kier molecular flexibility index (Phi) is 6.35. The summed E-state index contributed by atoms with van der Waals surface area (Å²) in [6.07, 6.45) is 6.36. The third-order valence-electron chi connectivity index (χ3n) is 3.59. The first kappa shape index (κ1) is 17.2. The van der Waals surface area contributed by atoms with Gasteiger partial charge in [-0.25, -0.2) is 0 Å². The molecule has 0 atom stereocenters. The number of carbonyl (C=O) groups is 2. The van der Waals surface area contributed by atoms with Crippen molar-refractivity contribution in [3.63, 3.8) is 0 Å². The molecule has 0 bridgehead atoms. The van der Waals surface area contributed by atoms with Gasteiger partial charge in [0, 0.05) is 24.2 Å². The summed E-state index contributed by atoms with van der Waals surface area (Å²) in [4.78, 5) is 25.6. The summed E-state index contributed by atoms with van der Waals surface area (Å²) in [6, 6.07) is 7.62. The van der Waals surface area contributed by atoms with Crippen molar-refractivity contribution in [3.8, 4) is 0 Å². The Morgan fingerprint density at radius 2 is 1.91 bits per heavy atom. The van der Waals surface area contributed by atoms with Gasteiger partial charge in [0.15, 0.2) is 0 Å². The van der Waals surface area contributed by atoms with Gasteiger partial charge in [0.1, 0.15) is 0 Å². The Hall–Kier alpha value is -2.14. The van der Waals surface area contributed by atoms with E-state index in [9.17, 15) is 9.59 Å². The van der Waals surface area contributed by atoms with Crippen LogP contribution in [0, 0.1) is 0 Å². The number of benzene rings is 1. The second-order valence-electron chi connectivity index (χ2n) is 6.15. The molecule has 2 amide bonds. The highest BCUT2D eigenvalue weighted by atomic mass is 16.2. The van der Waals surface area contributed by atoms with Crippen LogP contribution in [0.1, 0.15) is 35.2 Å². The van der Waals surface area contributed by atoms with E-state index in [0.29, 0.717) is 18.2 Å². The molecule has 1 aliphatic rings. The summed E-state index contributed by atoms with van der Waals surface area (Å²) >= 11 is 0. The number of nitrogens with zero attached hydrogens (tertiary/aromatic N) is 1. The molecule has 1 aromatic carbocycles. The molecule has 0 aliphatic heterocycles. The van der Waals surface area contributed by atoms with Crippen LogP contribution in [0.2, 0.25) is 0 Å². The highest BCUT2D eigenvalue weighted by Gasteiger charge is 2.23. The molecule has 5 nitrogen and oxygen atoms in total. The van der Waals surface area contributed by atoms with Gasteiger partial charge >= 0.3 is 0 Å². The van der Waals surface area contributed by atoms with E-state index in [0.717, 1.165) is 31.4 Å². The lowest BCUT2D eigenvalue weighted by atomic mass is 10.1. The Morgan fingerprint density at radius 3 is 2.52 bits per heavy atom. The molecule has 0 saturated heterocycles. The Balaban J connectivity index is 1.75. The molecule has 2 N–H and O–H groups in total. The van der Waals surface area contributed by atoms with Crippen LogP contribution < -0.4 is 10.6 Å². The van der Waals surface area contributed by atoms with Crippen LogP contribution in [0.5, 0.6) is 0 Å². The fourth-order valence-corrected chi connectivity index (χ4v) is 2.08. The molecule has 0 spiro atoms. The van der Waals surface area contributed by atoms with Crippen LogP contribution in [-0.4, -0.2) is 49.9 Å². The number of rotatable bonds is 8. The van der Waals surface area contributed by atoms with Gasteiger partial charge in [-0.15, -0.1) is 0 Å². The highest BCUT2D eigenvalue weighted by Crippen LogP contribution is 2.19. The van der Waals surface area contributed by atoms with Gasteiger partial charge < -0.3 is 15.5 Å². The predicted molar refractivity (Wildman–Crippen MR) is 92.1 cm³/mol. The van der Waals surface area contributed by atoms with Crippen molar-refractivity contribution in [2.45, 2.75) is 25.3 Å². The van der Waals surface area contributed by atoms with Gasteiger partial charge in [-0.1, -0.05) is 12.1 Å². The minimum atomic E-state index is -0.0979. The smallest absolute Gasteiger partial charge is 0.251 e. The largest absolute Gasteiger partial charge is 0.353 e. The maximum absolute atomic E-state index is 11.9. The zero-order valence-electron chi connectivity index (χ0n) is 13.8. The number of carbonyl (C=O) groups excluding carboxylic acids is 2. The molecule has 23 heavy (non-hydrogen) atoms. The van der Waals surface area contributed by atoms with Gasteiger partial charge in [0.05, 0.1) is 0 Å². The third-order valence-corrected chi connectivity index (χ3v) is 3.59. The van der Waals surface area contributed by atoms with E-state index in [1.165, 1.54) is 6.08 Å². The van der Waals surface area contributed by atoms with E-state index in [2.05, 4.69) is 15.5 Å². The maximum Gasteiger partial charge on any atom is 0.251 e. The first-order valence-electron chi connectivity index (χ1n) is 8.06. The normalized spacial score (nSPS) is 14.2. The topological polar surface area (TPSA) is 61.4 Å². The second-order valence-corrected chi connectivity index (χ2v) is 6.15. The first-order valence-corrected chi connectivity index (χ1v) is 8.06. The van der Waals surface area contributed by atoms with Crippen molar-refractivity contribution >= 4 is 17.9 Å². The summed E-state index contributed by atoms with van der Waals surface area (Å²) in [7, 11) is 4.02. The molecule has 0 aromatic heterocycles. The Labute approximate surface area is 137 Å². The standard InChI is InChI=1S/C18H25N3O2/c1-21(2)13-3-12-19-17(22)11-6-14-4-7-15(8-5-14)18(23)20-16-9-10-16/h4-8,11,16H,3,9-10,12-13H2,1-2H3,(H,19,22)(H,20,23)/b11-6+. The summed E-state index contributed by atoms with van der Waals surface area (Å²) in [5, 5.41) is 5.80. The average molecular weight is 315 g/mol. The number of hydrogen-bond acceptors (Lipinski definition) is 3. The third kappa shape index (κ3) is 6.65. The SMILES string of the molecule is CN(C)CCCNC(=O)/C=C/c1ccc(C(=O)NC2CC2)cc1. The minimum Gasteiger partial charge on any atom is -0.353 e. The lowest BCUT2D eigenvalue weighted by Gasteiger charge is -2.08. The molecular formula is C18H25N3O2. The zero-order valence-corrected chi connectivity index (χ0v) is 13.8. The average Bonchev–Trinajstić information content (AvgIpc) is 3.34. The Bertz CT molecular complexity index is 560. The molecule has 0 unspecified atom stereocenters. The van der Waals surface area contributed by atoms with Crippen LogP contribution in [0.25, 0.3) is 6.08 Å². The summed E-state index contributed by atoms with van der Waals surface area (Å²) in [5.74, 6) is -0.124. The van der Waals surface area contributed by atoms with Crippen molar-refractivity contribution < 1.29 is 9.59 Å². The molecule has 1 fully saturated rings. The van der Waals surface area contributed by atoms with E-state index in [1.807, 2.05) is 26.2 Å². The number of hydrogen-bond donors (Lipinski definition) is 2.